The molecule has 132 valence electrons. The van der Waals surface area contributed by atoms with Crippen molar-refractivity contribution in [3.63, 3.8) is 0 Å². The van der Waals surface area contributed by atoms with Gasteiger partial charge in [0.1, 0.15) is 0 Å². The van der Waals surface area contributed by atoms with Gasteiger partial charge in [-0.2, -0.15) is 0 Å². The van der Waals surface area contributed by atoms with Gasteiger partial charge in [-0.15, -0.1) is 0 Å². The first-order valence-electron chi connectivity index (χ1n) is 7.63. The molecule has 7 heteroatoms. The fourth-order valence-electron chi connectivity index (χ4n) is 2.04. The number of benzene rings is 1. The van der Waals surface area contributed by atoms with E-state index in [1.54, 1.807) is 44.6 Å². The van der Waals surface area contributed by atoms with Crippen LogP contribution in [0, 0.1) is 0 Å². The van der Waals surface area contributed by atoms with Crippen LogP contribution in [-0.2, 0) is 4.79 Å². The molecule has 0 radical (unpaired) electrons. The smallest absolute Gasteiger partial charge is 0.287 e. The van der Waals surface area contributed by atoms with Crippen molar-refractivity contribution in [2.24, 2.45) is 0 Å². The Balaban J connectivity index is 1.76. The molecule has 0 fully saturated rings. The van der Waals surface area contributed by atoms with Gasteiger partial charge < -0.3 is 24.5 Å². The Morgan fingerprint density at radius 1 is 1.08 bits per heavy atom. The highest BCUT2D eigenvalue weighted by atomic mass is 16.5. The van der Waals surface area contributed by atoms with Gasteiger partial charge in [-0.1, -0.05) is 6.07 Å². The maximum absolute atomic E-state index is 11.8. The summed E-state index contributed by atoms with van der Waals surface area (Å²) in [5.41, 5.74) is 0.805. The molecule has 25 heavy (non-hydrogen) atoms. The molecule has 0 unspecified atom stereocenters. The van der Waals surface area contributed by atoms with Gasteiger partial charge in [0, 0.05) is 19.2 Å². The molecule has 0 saturated heterocycles. The molecule has 0 saturated carbocycles. The topological polar surface area (TPSA) is 89.8 Å². The van der Waals surface area contributed by atoms with Crippen molar-refractivity contribution in [2.45, 2.75) is 0 Å². The SMILES string of the molecule is COc1ccc(/C=C/C(=O)NCCNC(=O)c2ccco2)cc1OC. The predicted molar refractivity (Wildman–Crippen MR) is 92.6 cm³/mol. The number of ether oxygens (including phenoxy) is 2. The maximum Gasteiger partial charge on any atom is 0.287 e. The molecule has 1 aromatic carbocycles. The summed E-state index contributed by atoms with van der Waals surface area (Å²) in [6.45, 7) is 0.608. The van der Waals surface area contributed by atoms with Crippen LogP contribution >= 0.6 is 0 Å². The largest absolute Gasteiger partial charge is 0.493 e. The third-order valence-electron chi connectivity index (χ3n) is 3.29. The van der Waals surface area contributed by atoms with Gasteiger partial charge in [0.05, 0.1) is 20.5 Å². The molecule has 0 aliphatic heterocycles. The Morgan fingerprint density at radius 2 is 1.84 bits per heavy atom. The van der Waals surface area contributed by atoms with Crippen molar-refractivity contribution in [2.75, 3.05) is 27.3 Å². The molecule has 1 aromatic heterocycles. The molecule has 0 aliphatic rings. The summed E-state index contributed by atoms with van der Waals surface area (Å²) in [4.78, 5) is 23.4. The van der Waals surface area contributed by atoms with Crippen molar-refractivity contribution < 1.29 is 23.5 Å². The standard InChI is InChI=1S/C18H20N2O5/c1-23-14-7-5-13(12-16(14)24-2)6-8-17(21)19-9-10-20-18(22)15-4-3-11-25-15/h3-8,11-12H,9-10H2,1-2H3,(H,19,21)(H,20,22)/b8-6+. The van der Waals surface area contributed by atoms with Crippen LogP contribution in [0.2, 0.25) is 0 Å². The first-order valence-corrected chi connectivity index (χ1v) is 7.63. The van der Waals surface area contributed by atoms with E-state index in [1.807, 2.05) is 6.07 Å². The molecule has 1 heterocycles. The van der Waals surface area contributed by atoms with E-state index >= 15 is 0 Å². The second kappa shape index (κ2) is 9.17. The number of hydrogen-bond donors (Lipinski definition) is 2. The zero-order valence-corrected chi connectivity index (χ0v) is 14.1. The summed E-state index contributed by atoms with van der Waals surface area (Å²) in [6, 6.07) is 8.55. The zero-order chi connectivity index (χ0) is 18.1. The number of furan rings is 1. The quantitative estimate of drug-likeness (QED) is 0.563. The van der Waals surface area contributed by atoms with Crippen molar-refractivity contribution in [1.29, 1.82) is 0 Å². The van der Waals surface area contributed by atoms with Crippen molar-refractivity contribution in [3.8, 4) is 11.5 Å². The lowest BCUT2D eigenvalue weighted by atomic mass is 10.2. The van der Waals surface area contributed by atoms with Crippen molar-refractivity contribution in [3.05, 3.63) is 54.0 Å². The van der Waals surface area contributed by atoms with Gasteiger partial charge in [-0.05, 0) is 35.9 Å². The number of nitrogens with one attached hydrogen (secondary N) is 2. The third-order valence-corrected chi connectivity index (χ3v) is 3.29. The number of carbonyl (C=O) groups is 2. The van der Waals surface area contributed by atoms with E-state index in [4.69, 9.17) is 13.9 Å². The van der Waals surface area contributed by atoms with Crippen LogP contribution in [0.1, 0.15) is 16.1 Å². The van der Waals surface area contributed by atoms with Gasteiger partial charge >= 0.3 is 0 Å². The summed E-state index contributed by atoms with van der Waals surface area (Å²) >= 11 is 0. The van der Waals surface area contributed by atoms with Crippen LogP contribution in [0.25, 0.3) is 6.08 Å². The molecule has 2 N–H and O–H groups in total. The highest BCUT2D eigenvalue weighted by Crippen LogP contribution is 2.27. The summed E-state index contributed by atoms with van der Waals surface area (Å²) in [5.74, 6) is 0.865. The van der Waals surface area contributed by atoms with Crippen LogP contribution in [0.4, 0.5) is 0 Å². The van der Waals surface area contributed by atoms with Crippen molar-refractivity contribution in [1.82, 2.24) is 10.6 Å². The summed E-state index contributed by atoms with van der Waals surface area (Å²) in [7, 11) is 3.11. The van der Waals surface area contributed by atoms with E-state index in [2.05, 4.69) is 10.6 Å². The van der Waals surface area contributed by atoms with Gasteiger partial charge in [0.25, 0.3) is 5.91 Å². The first-order chi connectivity index (χ1) is 12.1. The molecule has 0 atom stereocenters. The second-order valence-electron chi connectivity index (χ2n) is 4.97. The van der Waals surface area contributed by atoms with Crippen LogP contribution in [0.5, 0.6) is 11.5 Å². The van der Waals surface area contributed by atoms with E-state index in [0.717, 1.165) is 5.56 Å². The van der Waals surface area contributed by atoms with E-state index in [9.17, 15) is 9.59 Å². The highest BCUT2D eigenvalue weighted by Gasteiger charge is 2.07. The van der Waals surface area contributed by atoms with Crippen LogP contribution in [0.3, 0.4) is 0 Å². The molecule has 0 aliphatic carbocycles. The lowest BCUT2D eigenvalue weighted by molar-refractivity contribution is -0.116. The molecule has 0 spiro atoms. The van der Waals surface area contributed by atoms with Crippen LogP contribution < -0.4 is 20.1 Å². The minimum absolute atomic E-state index is 0.236. The predicted octanol–water partition coefficient (Wildman–Crippen LogP) is 1.86. The van der Waals surface area contributed by atoms with Gasteiger partial charge in [0.15, 0.2) is 17.3 Å². The Bertz CT molecular complexity index is 738. The average Bonchev–Trinajstić information content (AvgIpc) is 3.17. The average molecular weight is 344 g/mol. The summed E-state index contributed by atoms with van der Waals surface area (Å²) < 4.78 is 15.3. The fourth-order valence-corrected chi connectivity index (χ4v) is 2.04. The minimum Gasteiger partial charge on any atom is -0.493 e. The molecule has 0 bridgehead atoms. The highest BCUT2D eigenvalue weighted by molar-refractivity contribution is 5.92. The first kappa shape index (κ1) is 18.1. The van der Waals surface area contributed by atoms with Gasteiger partial charge in [0.2, 0.25) is 5.91 Å². The lowest BCUT2D eigenvalue weighted by Crippen LogP contribution is -2.33. The summed E-state index contributed by atoms with van der Waals surface area (Å²) in [6.07, 6.45) is 4.50. The molecule has 7 nitrogen and oxygen atoms in total. The second-order valence-corrected chi connectivity index (χ2v) is 4.97. The van der Waals surface area contributed by atoms with Gasteiger partial charge in [-0.3, -0.25) is 9.59 Å². The Hall–Kier alpha value is -3.22. The van der Waals surface area contributed by atoms with E-state index in [-0.39, 0.29) is 17.6 Å². The Morgan fingerprint density at radius 3 is 2.52 bits per heavy atom. The van der Waals surface area contributed by atoms with E-state index < -0.39 is 0 Å². The van der Waals surface area contributed by atoms with E-state index in [1.165, 1.54) is 12.3 Å². The molecule has 2 amide bonds. The molecular weight excluding hydrogens is 324 g/mol. The lowest BCUT2D eigenvalue weighted by Gasteiger charge is -2.07. The van der Waals surface area contributed by atoms with Gasteiger partial charge in [-0.25, -0.2) is 0 Å². The fraction of sp³-hybridized carbons (Fsp3) is 0.222. The monoisotopic (exact) mass is 344 g/mol. The Kier molecular flexibility index (Phi) is 6.65. The normalized spacial score (nSPS) is 10.5. The number of amides is 2. The number of carbonyl (C=O) groups excluding carboxylic acids is 2. The number of methoxy groups -OCH3 is 2. The Labute approximate surface area is 145 Å². The third kappa shape index (κ3) is 5.42. The summed E-state index contributed by atoms with van der Waals surface area (Å²) in [5, 5.41) is 5.32. The maximum atomic E-state index is 11.8. The number of rotatable bonds is 8. The van der Waals surface area contributed by atoms with Crippen LogP contribution in [-0.4, -0.2) is 39.1 Å². The van der Waals surface area contributed by atoms with Crippen molar-refractivity contribution >= 4 is 17.9 Å². The molecule has 2 aromatic rings. The minimum atomic E-state index is -0.319. The number of hydrogen-bond acceptors (Lipinski definition) is 5. The van der Waals surface area contributed by atoms with Crippen LogP contribution in [0.15, 0.2) is 47.1 Å². The molecular formula is C18H20N2O5. The van der Waals surface area contributed by atoms with E-state index in [0.29, 0.717) is 24.6 Å². The molecule has 2 rings (SSSR count). The zero-order valence-electron chi connectivity index (χ0n) is 14.1.